The third-order valence-corrected chi connectivity index (χ3v) is 5.27. The Balaban J connectivity index is 1.63. The summed E-state index contributed by atoms with van der Waals surface area (Å²) in [6, 6.07) is 28.3. The fourth-order valence-corrected chi connectivity index (χ4v) is 3.78. The van der Waals surface area contributed by atoms with Gasteiger partial charge in [0.25, 0.3) is 0 Å². The number of rotatable bonds is 4. The van der Waals surface area contributed by atoms with Crippen LogP contribution < -0.4 is 9.47 Å². The molecule has 4 nitrogen and oxygen atoms in total. The molecule has 4 heteroatoms. The topological polar surface area (TPSA) is 44.2 Å². The van der Waals surface area contributed by atoms with Crippen LogP contribution >= 0.6 is 0 Å². The van der Waals surface area contributed by atoms with Crippen LogP contribution in [0.1, 0.15) is 0 Å². The molecule has 0 aliphatic heterocycles. The zero-order valence-corrected chi connectivity index (χ0v) is 16.8. The fourth-order valence-electron chi connectivity index (χ4n) is 3.78. The number of fused-ring (bicyclic) bond motifs is 2. The van der Waals surface area contributed by atoms with E-state index in [-0.39, 0.29) is 0 Å². The maximum atomic E-state index is 5.51. The third kappa shape index (κ3) is 3.12. The number of para-hydroxylation sites is 2. The average molecular weight is 392 g/mol. The van der Waals surface area contributed by atoms with Gasteiger partial charge in [-0.05, 0) is 47.5 Å². The maximum absolute atomic E-state index is 5.51. The van der Waals surface area contributed by atoms with Gasteiger partial charge in [0, 0.05) is 11.1 Å². The van der Waals surface area contributed by atoms with Gasteiger partial charge in [-0.3, -0.25) is 0 Å². The predicted molar refractivity (Wildman–Crippen MR) is 121 cm³/mol. The first-order valence-corrected chi connectivity index (χ1v) is 9.75. The average Bonchev–Trinajstić information content (AvgIpc) is 2.82. The van der Waals surface area contributed by atoms with Gasteiger partial charge in [0.05, 0.1) is 36.3 Å². The zero-order chi connectivity index (χ0) is 20.5. The number of benzene rings is 4. The molecule has 0 saturated carbocycles. The highest BCUT2D eigenvalue weighted by molar-refractivity contribution is 5.91. The molecule has 0 amide bonds. The molecule has 0 spiro atoms. The van der Waals surface area contributed by atoms with E-state index in [0.717, 1.165) is 55.8 Å². The van der Waals surface area contributed by atoms with E-state index in [2.05, 4.69) is 24.3 Å². The van der Waals surface area contributed by atoms with E-state index in [1.807, 2.05) is 60.7 Å². The highest BCUT2D eigenvalue weighted by Gasteiger charge is 2.10. The number of hydrogen-bond donors (Lipinski definition) is 0. The van der Waals surface area contributed by atoms with Gasteiger partial charge >= 0.3 is 0 Å². The first kappa shape index (κ1) is 18.1. The summed E-state index contributed by atoms with van der Waals surface area (Å²) < 4.78 is 11.0. The molecule has 0 radical (unpaired) electrons. The van der Waals surface area contributed by atoms with E-state index in [0.29, 0.717) is 0 Å². The van der Waals surface area contributed by atoms with Crippen LogP contribution in [-0.4, -0.2) is 24.2 Å². The molecule has 0 unspecified atom stereocenters. The molecule has 0 fully saturated rings. The van der Waals surface area contributed by atoms with E-state index in [1.165, 1.54) is 0 Å². The molecular weight excluding hydrogens is 372 g/mol. The lowest BCUT2D eigenvalue weighted by atomic mass is 10.0. The minimum absolute atomic E-state index is 0.840. The van der Waals surface area contributed by atoms with Gasteiger partial charge in [-0.15, -0.1) is 0 Å². The summed E-state index contributed by atoms with van der Waals surface area (Å²) >= 11 is 0. The van der Waals surface area contributed by atoms with Gasteiger partial charge in [-0.2, -0.15) is 0 Å². The highest BCUT2D eigenvalue weighted by atomic mass is 16.5. The van der Waals surface area contributed by atoms with Crippen molar-refractivity contribution in [2.24, 2.45) is 0 Å². The first-order chi connectivity index (χ1) is 14.8. The largest absolute Gasteiger partial charge is 0.496 e. The number of ether oxygens (including phenoxy) is 2. The monoisotopic (exact) mass is 392 g/mol. The van der Waals surface area contributed by atoms with Crippen LogP contribution in [0, 0.1) is 0 Å². The summed E-state index contributed by atoms with van der Waals surface area (Å²) in [4.78, 5) is 9.72. The van der Waals surface area contributed by atoms with Crippen molar-refractivity contribution in [2.45, 2.75) is 0 Å². The summed E-state index contributed by atoms with van der Waals surface area (Å²) in [5.74, 6) is 1.68. The molecule has 0 aliphatic rings. The van der Waals surface area contributed by atoms with Crippen molar-refractivity contribution < 1.29 is 9.47 Å². The lowest BCUT2D eigenvalue weighted by Gasteiger charge is -2.10. The predicted octanol–water partition coefficient (Wildman–Crippen LogP) is 6.13. The van der Waals surface area contributed by atoms with E-state index in [4.69, 9.17) is 19.4 Å². The lowest BCUT2D eigenvalue weighted by Crippen LogP contribution is -1.92. The molecule has 146 valence electrons. The van der Waals surface area contributed by atoms with Crippen molar-refractivity contribution in [1.82, 2.24) is 9.97 Å². The van der Waals surface area contributed by atoms with E-state index < -0.39 is 0 Å². The van der Waals surface area contributed by atoms with Crippen LogP contribution in [0.2, 0.25) is 0 Å². The van der Waals surface area contributed by atoms with E-state index >= 15 is 0 Å². The normalized spacial score (nSPS) is 11.0. The van der Waals surface area contributed by atoms with Crippen molar-refractivity contribution in [2.75, 3.05) is 14.2 Å². The molecule has 5 aromatic rings. The van der Waals surface area contributed by atoms with Crippen LogP contribution in [0.3, 0.4) is 0 Å². The van der Waals surface area contributed by atoms with Crippen LogP contribution in [-0.2, 0) is 0 Å². The summed E-state index contributed by atoms with van der Waals surface area (Å²) in [5, 5.41) is 0. The third-order valence-electron chi connectivity index (χ3n) is 5.27. The molecule has 0 atom stereocenters. The minimum Gasteiger partial charge on any atom is -0.496 e. The second-order valence-corrected chi connectivity index (χ2v) is 7.03. The van der Waals surface area contributed by atoms with Crippen molar-refractivity contribution in [1.29, 1.82) is 0 Å². The summed E-state index contributed by atoms with van der Waals surface area (Å²) in [7, 11) is 3.37. The second-order valence-electron chi connectivity index (χ2n) is 7.03. The van der Waals surface area contributed by atoms with E-state index in [9.17, 15) is 0 Å². The Hall–Kier alpha value is -3.92. The number of nitrogens with zero attached hydrogens (tertiary/aromatic N) is 2. The SMILES string of the molecule is COc1ccccc1-c1ccc2nc3cc(-c4ccccc4OC)ccc3nc2c1. The molecular formula is C26H20N2O2. The zero-order valence-electron chi connectivity index (χ0n) is 16.8. The van der Waals surface area contributed by atoms with Gasteiger partial charge in [0.1, 0.15) is 11.5 Å². The first-order valence-electron chi connectivity index (χ1n) is 9.75. The quantitative estimate of drug-likeness (QED) is 0.345. The Morgan fingerprint density at radius 1 is 0.500 bits per heavy atom. The molecule has 0 saturated heterocycles. The van der Waals surface area contributed by atoms with Crippen LogP contribution in [0.15, 0.2) is 84.9 Å². The van der Waals surface area contributed by atoms with Gasteiger partial charge in [0.15, 0.2) is 0 Å². The molecule has 0 aliphatic carbocycles. The van der Waals surface area contributed by atoms with Crippen LogP contribution in [0.25, 0.3) is 44.3 Å². The van der Waals surface area contributed by atoms with Gasteiger partial charge in [-0.25, -0.2) is 9.97 Å². The van der Waals surface area contributed by atoms with Crippen LogP contribution in [0.5, 0.6) is 11.5 Å². The second kappa shape index (κ2) is 7.48. The molecule has 1 aromatic heterocycles. The molecule has 0 bridgehead atoms. The van der Waals surface area contributed by atoms with Crippen LogP contribution in [0.4, 0.5) is 0 Å². The maximum Gasteiger partial charge on any atom is 0.126 e. The van der Waals surface area contributed by atoms with Gasteiger partial charge in [0.2, 0.25) is 0 Å². The number of aromatic nitrogens is 2. The van der Waals surface area contributed by atoms with E-state index in [1.54, 1.807) is 14.2 Å². The standard InChI is InChI=1S/C26H20N2O2/c1-29-25-9-5-3-7-19(25)17-11-13-21-23(15-17)27-22-14-12-18(16-24(22)28-21)20-8-4-6-10-26(20)30-2/h3-16H,1-2H3. The Labute approximate surface area is 174 Å². The number of hydrogen-bond acceptors (Lipinski definition) is 4. The summed E-state index contributed by atoms with van der Waals surface area (Å²) in [6.07, 6.45) is 0. The van der Waals surface area contributed by atoms with Gasteiger partial charge in [-0.1, -0.05) is 48.5 Å². The Bertz CT molecular complexity index is 1270. The molecule has 4 aromatic carbocycles. The molecule has 30 heavy (non-hydrogen) atoms. The Morgan fingerprint density at radius 3 is 1.37 bits per heavy atom. The van der Waals surface area contributed by atoms with Gasteiger partial charge < -0.3 is 9.47 Å². The Morgan fingerprint density at radius 2 is 0.933 bits per heavy atom. The lowest BCUT2D eigenvalue weighted by molar-refractivity contribution is 0.416. The highest BCUT2D eigenvalue weighted by Crippen LogP contribution is 2.33. The number of methoxy groups -OCH3 is 2. The summed E-state index contributed by atoms with van der Waals surface area (Å²) in [6.45, 7) is 0. The summed E-state index contributed by atoms with van der Waals surface area (Å²) in [5.41, 5.74) is 7.62. The molecule has 0 N–H and O–H groups in total. The molecule has 1 heterocycles. The minimum atomic E-state index is 0.840. The van der Waals surface area contributed by atoms with Crippen molar-refractivity contribution in [3.63, 3.8) is 0 Å². The van der Waals surface area contributed by atoms with Crippen molar-refractivity contribution >= 4 is 22.1 Å². The Kier molecular flexibility index (Phi) is 4.52. The van der Waals surface area contributed by atoms with Crippen molar-refractivity contribution in [3.05, 3.63) is 84.9 Å². The van der Waals surface area contributed by atoms with Crippen molar-refractivity contribution in [3.8, 4) is 33.8 Å². The smallest absolute Gasteiger partial charge is 0.126 e. The fraction of sp³-hybridized carbons (Fsp3) is 0.0769. The molecule has 5 rings (SSSR count).